The molecule has 5 heteroatoms. The maximum atomic E-state index is 13.3. The molecule has 4 rings (SSSR count). The van der Waals surface area contributed by atoms with E-state index in [0.717, 1.165) is 28.7 Å². The molecule has 1 aliphatic heterocycles. The van der Waals surface area contributed by atoms with E-state index in [1.165, 1.54) is 0 Å². The lowest BCUT2D eigenvalue weighted by Gasteiger charge is -2.37. The monoisotopic (exact) mass is 433 g/mol. The van der Waals surface area contributed by atoms with E-state index in [4.69, 9.17) is 21.1 Å². The average molecular weight is 434 g/mol. The Morgan fingerprint density at radius 3 is 2.45 bits per heavy atom. The topological polar surface area (TPSA) is 38.8 Å². The van der Waals surface area contributed by atoms with Gasteiger partial charge >= 0.3 is 0 Å². The Labute approximate surface area is 187 Å². The van der Waals surface area contributed by atoms with Crippen molar-refractivity contribution in [2.45, 2.75) is 12.5 Å². The van der Waals surface area contributed by atoms with E-state index in [1.54, 1.807) is 20.3 Å². The third-order valence-corrected chi connectivity index (χ3v) is 5.77. The van der Waals surface area contributed by atoms with Crippen LogP contribution in [0.25, 0.3) is 6.08 Å². The van der Waals surface area contributed by atoms with Gasteiger partial charge in [0.15, 0.2) is 11.5 Å². The van der Waals surface area contributed by atoms with Crippen molar-refractivity contribution in [2.75, 3.05) is 20.8 Å². The highest BCUT2D eigenvalue weighted by Gasteiger charge is 2.32. The molecule has 1 heterocycles. The van der Waals surface area contributed by atoms with Gasteiger partial charge in [0.2, 0.25) is 5.91 Å². The van der Waals surface area contributed by atoms with Crippen molar-refractivity contribution < 1.29 is 14.3 Å². The summed E-state index contributed by atoms with van der Waals surface area (Å²) in [5, 5.41) is 0.636. The summed E-state index contributed by atoms with van der Waals surface area (Å²) in [5.41, 5.74) is 4.10. The minimum Gasteiger partial charge on any atom is -0.493 e. The van der Waals surface area contributed by atoms with Crippen LogP contribution in [0, 0.1) is 0 Å². The Bertz CT molecular complexity index is 1110. The number of nitrogens with zero attached hydrogens (tertiary/aromatic N) is 1. The van der Waals surface area contributed by atoms with Crippen molar-refractivity contribution in [3.8, 4) is 11.5 Å². The normalized spacial score (nSPS) is 15.6. The smallest absolute Gasteiger partial charge is 0.247 e. The number of carbonyl (C=O) groups is 1. The Kier molecular flexibility index (Phi) is 6.28. The maximum absolute atomic E-state index is 13.3. The van der Waals surface area contributed by atoms with Crippen molar-refractivity contribution in [2.24, 2.45) is 0 Å². The zero-order valence-corrected chi connectivity index (χ0v) is 18.3. The standard InChI is InChI=1S/C26H24ClNO3/c1-30-23-16-19-13-14-28(25(29)12-11-18-7-4-3-5-8-18)26(22(19)17-24(23)31-2)20-9-6-10-21(27)15-20/h3-12,15-17,26H,13-14H2,1-2H3/b12-11+. The Balaban J connectivity index is 1.77. The molecule has 4 nitrogen and oxygen atoms in total. The minimum atomic E-state index is -0.268. The number of hydrogen-bond donors (Lipinski definition) is 0. The lowest BCUT2D eigenvalue weighted by molar-refractivity contribution is -0.127. The zero-order chi connectivity index (χ0) is 21.8. The average Bonchev–Trinajstić information content (AvgIpc) is 2.81. The van der Waals surface area contributed by atoms with Crippen LogP contribution in [0.4, 0.5) is 0 Å². The molecular weight excluding hydrogens is 410 g/mol. The first-order valence-electron chi connectivity index (χ1n) is 10.1. The van der Waals surface area contributed by atoms with Crippen molar-refractivity contribution in [3.05, 3.63) is 100 Å². The molecule has 0 spiro atoms. The minimum absolute atomic E-state index is 0.0470. The highest BCUT2D eigenvalue weighted by atomic mass is 35.5. The van der Waals surface area contributed by atoms with Gasteiger partial charge in [-0.15, -0.1) is 0 Å². The molecule has 3 aromatic rings. The third-order valence-electron chi connectivity index (χ3n) is 5.54. The summed E-state index contributed by atoms with van der Waals surface area (Å²) in [7, 11) is 3.25. The molecule has 0 fully saturated rings. The molecular formula is C26H24ClNO3. The van der Waals surface area contributed by atoms with Crippen LogP contribution in [0.5, 0.6) is 11.5 Å². The highest BCUT2D eigenvalue weighted by Crippen LogP contribution is 2.41. The lowest BCUT2D eigenvalue weighted by atomic mass is 9.87. The number of ether oxygens (including phenoxy) is 2. The molecule has 1 atom stereocenters. The summed E-state index contributed by atoms with van der Waals surface area (Å²) in [4.78, 5) is 15.2. The first-order chi connectivity index (χ1) is 15.1. The lowest BCUT2D eigenvalue weighted by Crippen LogP contribution is -2.39. The summed E-state index contributed by atoms with van der Waals surface area (Å²) < 4.78 is 11.0. The van der Waals surface area contributed by atoms with Crippen LogP contribution >= 0.6 is 11.6 Å². The highest BCUT2D eigenvalue weighted by molar-refractivity contribution is 6.30. The summed E-state index contributed by atoms with van der Waals surface area (Å²) >= 11 is 6.30. The molecule has 0 bridgehead atoms. The molecule has 1 amide bonds. The van der Waals surface area contributed by atoms with Crippen molar-refractivity contribution in [1.29, 1.82) is 0 Å². The number of fused-ring (bicyclic) bond motifs is 1. The quantitative estimate of drug-likeness (QED) is 0.495. The number of rotatable bonds is 5. The van der Waals surface area contributed by atoms with E-state index in [9.17, 15) is 4.79 Å². The fraction of sp³-hybridized carbons (Fsp3) is 0.192. The van der Waals surface area contributed by atoms with Gasteiger partial charge in [-0.1, -0.05) is 54.1 Å². The zero-order valence-electron chi connectivity index (χ0n) is 17.5. The number of amides is 1. The number of benzene rings is 3. The fourth-order valence-electron chi connectivity index (χ4n) is 4.05. The predicted octanol–water partition coefficient (Wildman–Crippen LogP) is 5.54. The Morgan fingerprint density at radius 2 is 1.74 bits per heavy atom. The number of carbonyl (C=O) groups excluding carboxylic acids is 1. The van der Waals surface area contributed by atoms with E-state index >= 15 is 0 Å². The van der Waals surface area contributed by atoms with Gasteiger partial charge in [-0.25, -0.2) is 0 Å². The number of hydrogen-bond acceptors (Lipinski definition) is 3. The van der Waals surface area contributed by atoms with Crippen LogP contribution in [0.1, 0.15) is 28.3 Å². The molecule has 1 unspecified atom stereocenters. The third kappa shape index (κ3) is 4.44. The second-order valence-corrected chi connectivity index (χ2v) is 7.83. The molecule has 0 aliphatic carbocycles. The molecule has 0 saturated heterocycles. The Hall–Kier alpha value is -3.24. The van der Waals surface area contributed by atoms with Gasteiger partial charge in [-0.2, -0.15) is 0 Å². The molecule has 0 N–H and O–H groups in total. The fourth-order valence-corrected chi connectivity index (χ4v) is 4.25. The van der Waals surface area contributed by atoms with Crippen LogP contribution < -0.4 is 9.47 Å². The van der Waals surface area contributed by atoms with Crippen LogP contribution in [0.3, 0.4) is 0 Å². The van der Waals surface area contributed by atoms with E-state index < -0.39 is 0 Å². The van der Waals surface area contributed by atoms with Gasteiger partial charge in [0.25, 0.3) is 0 Å². The second-order valence-electron chi connectivity index (χ2n) is 7.39. The number of methoxy groups -OCH3 is 2. The van der Waals surface area contributed by atoms with E-state index in [2.05, 4.69) is 0 Å². The molecule has 0 aromatic heterocycles. The number of halogens is 1. The molecule has 31 heavy (non-hydrogen) atoms. The maximum Gasteiger partial charge on any atom is 0.247 e. The summed E-state index contributed by atoms with van der Waals surface area (Å²) in [6.07, 6.45) is 4.22. The van der Waals surface area contributed by atoms with Gasteiger partial charge in [0, 0.05) is 17.6 Å². The summed E-state index contributed by atoms with van der Waals surface area (Å²) in [6.45, 7) is 0.595. The predicted molar refractivity (Wildman–Crippen MR) is 124 cm³/mol. The largest absolute Gasteiger partial charge is 0.493 e. The molecule has 0 radical (unpaired) electrons. The van der Waals surface area contributed by atoms with Gasteiger partial charge in [-0.05, 0) is 59.0 Å². The van der Waals surface area contributed by atoms with E-state index in [-0.39, 0.29) is 11.9 Å². The second kappa shape index (κ2) is 9.27. The molecule has 0 saturated carbocycles. The molecule has 1 aliphatic rings. The Morgan fingerprint density at radius 1 is 1.00 bits per heavy atom. The first-order valence-corrected chi connectivity index (χ1v) is 10.5. The van der Waals surface area contributed by atoms with Gasteiger partial charge in [-0.3, -0.25) is 4.79 Å². The van der Waals surface area contributed by atoms with Crippen LogP contribution in [0.2, 0.25) is 5.02 Å². The van der Waals surface area contributed by atoms with Gasteiger partial charge < -0.3 is 14.4 Å². The van der Waals surface area contributed by atoms with E-state index in [1.807, 2.05) is 77.7 Å². The van der Waals surface area contributed by atoms with Gasteiger partial charge in [0.1, 0.15) is 0 Å². The SMILES string of the molecule is COc1cc2c(cc1OC)C(c1cccc(Cl)c1)N(C(=O)/C=C/c1ccccc1)CC2. The van der Waals surface area contributed by atoms with Crippen molar-refractivity contribution in [1.82, 2.24) is 4.90 Å². The summed E-state index contributed by atoms with van der Waals surface area (Å²) in [6, 6.07) is 21.2. The van der Waals surface area contributed by atoms with Crippen LogP contribution in [-0.4, -0.2) is 31.6 Å². The van der Waals surface area contributed by atoms with Crippen LogP contribution in [0.15, 0.2) is 72.8 Å². The van der Waals surface area contributed by atoms with Crippen LogP contribution in [-0.2, 0) is 11.2 Å². The van der Waals surface area contributed by atoms with Crippen molar-refractivity contribution >= 4 is 23.6 Å². The van der Waals surface area contributed by atoms with Gasteiger partial charge in [0.05, 0.1) is 20.3 Å². The van der Waals surface area contributed by atoms with Crippen molar-refractivity contribution in [3.63, 3.8) is 0 Å². The van der Waals surface area contributed by atoms with E-state index in [0.29, 0.717) is 23.1 Å². The molecule has 158 valence electrons. The summed E-state index contributed by atoms with van der Waals surface area (Å²) in [5.74, 6) is 1.28. The first kappa shape index (κ1) is 21.0. The molecule has 3 aromatic carbocycles.